The van der Waals surface area contributed by atoms with Crippen molar-refractivity contribution in [2.75, 3.05) is 20.1 Å². The molecule has 0 aromatic heterocycles. The molecule has 2 N–H and O–H groups in total. The van der Waals surface area contributed by atoms with E-state index in [-0.39, 0.29) is 18.4 Å². The number of halogens is 1. The lowest BCUT2D eigenvalue weighted by molar-refractivity contribution is 0.725. The Kier molecular flexibility index (Phi) is 4.97. The summed E-state index contributed by atoms with van der Waals surface area (Å²) in [5.74, 6) is 1.07. The summed E-state index contributed by atoms with van der Waals surface area (Å²) in [6, 6.07) is 6.63. The van der Waals surface area contributed by atoms with Crippen LogP contribution in [-0.2, 0) is 0 Å². The van der Waals surface area contributed by atoms with Crippen LogP contribution < -0.4 is 10.6 Å². The van der Waals surface area contributed by atoms with Gasteiger partial charge < -0.3 is 10.6 Å². The minimum Gasteiger partial charge on any atom is -0.370 e. The van der Waals surface area contributed by atoms with Gasteiger partial charge in [0.2, 0.25) is 0 Å². The molecule has 1 aliphatic heterocycles. The van der Waals surface area contributed by atoms with E-state index >= 15 is 0 Å². The van der Waals surface area contributed by atoms with Crippen LogP contribution in [0.15, 0.2) is 23.2 Å². The molecule has 0 spiro atoms. The summed E-state index contributed by atoms with van der Waals surface area (Å²) in [6.45, 7) is 6.16. The number of benzene rings is 1. The average Bonchev–Trinajstić information content (AvgIpc) is 2.79. The van der Waals surface area contributed by atoms with E-state index in [4.69, 9.17) is 0 Å². The van der Waals surface area contributed by atoms with Gasteiger partial charge in [-0.3, -0.25) is 4.99 Å². The molecular formula is C13H20ClN3. The number of likely N-dealkylation sites (N-methyl/N-ethyl adjacent to an activating group) is 1. The number of hydrogen-bond acceptors (Lipinski definition) is 3. The van der Waals surface area contributed by atoms with Crippen molar-refractivity contribution in [2.24, 2.45) is 4.99 Å². The van der Waals surface area contributed by atoms with Crippen molar-refractivity contribution in [2.45, 2.75) is 19.9 Å². The Labute approximate surface area is 109 Å². The van der Waals surface area contributed by atoms with Crippen LogP contribution in [0, 0.1) is 13.8 Å². The van der Waals surface area contributed by atoms with Crippen molar-refractivity contribution in [1.82, 2.24) is 10.6 Å². The SMILES string of the molecule is CNC(C1=NCCN1)c1cccc(C)c1C.Cl. The number of amidine groups is 1. The van der Waals surface area contributed by atoms with Crippen LogP contribution in [0.2, 0.25) is 0 Å². The smallest absolute Gasteiger partial charge is 0.118 e. The van der Waals surface area contributed by atoms with Gasteiger partial charge in [0.05, 0.1) is 12.6 Å². The minimum atomic E-state index is 0. The molecule has 1 unspecified atom stereocenters. The second-order valence-electron chi connectivity index (χ2n) is 4.20. The van der Waals surface area contributed by atoms with E-state index < -0.39 is 0 Å². The molecule has 0 saturated heterocycles. The molecule has 1 heterocycles. The summed E-state index contributed by atoms with van der Waals surface area (Å²) in [5, 5.41) is 6.68. The summed E-state index contributed by atoms with van der Waals surface area (Å²) < 4.78 is 0. The highest BCUT2D eigenvalue weighted by atomic mass is 35.5. The molecule has 1 aromatic rings. The lowest BCUT2D eigenvalue weighted by Crippen LogP contribution is -2.33. The van der Waals surface area contributed by atoms with Gasteiger partial charge in [0, 0.05) is 6.54 Å². The third-order valence-electron chi connectivity index (χ3n) is 3.22. The normalized spacial score (nSPS) is 15.8. The van der Waals surface area contributed by atoms with Crippen molar-refractivity contribution in [1.29, 1.82) is 0 Å². The zero-order valence-electron chi connectivity index (χ0n) is 10.6. The van der Waals surface area contributed by atoms with Crippen molar-refractivity contribution in [3.05, 3.63) is 34.9 Å². The Morgan fingerprint density at radius 2 is 2.12 bits per heavy atom. The first-order chi connectivity index (χ1) is 7.74. The van der Waals surface area contributed by atoms with Gasteiger partial charge in [0.1, 0.15) is 5.84 Å². The van der Waals surface area contributed by atoms with E-state index in [1.807, 2.05) is 7.05 Å². The standard InChI is InChI=1S/C13H19N3.ClH/c1-9-5-4-6-11(10(9)2)12(14-3)13-15-7-8-16-13;/h4-6,12,14H,7-8H2,1-3H3,(H,15,16);1H. The number of aliphatic imine (C=N–C) groups is 1. The molecule has 94 valence electrons. The molecule has 0 aliphatic carbocycles. The van der Waals surface area contributed by atoms with Crippen LogP contribution in [0.3, 0.4) is 0 Å². The first-order valence-electron chi connectivity index (χ1n) is 5.75. The molecule has 0 saturated carbocycles. The monoisotopic (exact) mass is 253 g/mol. The van der Waals surface area contributed by atoms with Crippen LogP contribution in [0.1, 0.15) is 22.7 Å². The van der Waals surface area contributed by atoms with E-state index in [1.54, 1.807) is 0 Å². The predicted octanol–water partition coefficient (Wildman–Crippen LogP) is 1.99. The van der Waals surface area contributed by atoms with Crippen molar-refractivity contribution >= 4 is 18.2 Å². The van der Waals surface area contributed by atoms with Crippen LogP contribution in [-0.4, -0.2) is 26.0 Å². The molecule has 17 heavy (non-hydrogen) atoms. The molecule has 0 radical (unpaired) electrons. The summed E-state index contributed by atoms with van der Waals surface area (Å²) in [6.07, 6.45) is 0. The Morgan fingerprint density at radius 1 is 1.35 bits per heavy atom. The van der Waals surface area contributed by atoms with E-state index in [2.05, 4.69) is 47.7 Å². The van der Waals surface area contributed by atoms with Crippen molar-refractivity contribution < 1.29 is 0 Å². The van der Waals surface area contributed by atoms with Crippen molar-refractivity contribution in [3.8, 4) is 0 Å². The maximum Gasteiger partial charge on any atom is 0.118 e. The number of nitrogens with one attached hydrogen (secondary N) is 2. The maximum atomic E-state index is 4.50. The van der Waals surface area contributed by atoms with E-state index in [0.29, 0.717) is 0 Å². The molecule has 0 amide bonds. The quantitative estimate of drug-likeness (QED) is 0.865. The Bertz CT molecular complexity index is 415. The van der Waals surface area contributed by atoms with Gasteiger partial charge in [-0.2, -0.15) is 0 Å². The van der Waals surface area contributed by atoms with Crippen molar-refractivity contribution in [3.63, 3.8) is 0 Å². The first kappa shape index (κ1) is 14.0. The van der Waals surface area contributed by atoms with E-state index in [0.717, 1.165) is 18.9 Å². The van der Waals surface area contributed by atoms with Gasteiger partial charge in [0.25, 0.3) is 0 Å². The second kappa shape index (κ2) is 6.03. The summed E-state index contributed by atoms with van der Waals surface area (Å²) in [7, 11) is 1.98. The van der Waals surface area contributed by atoms with Gasteiger partial charge in [-0.05, 0) is 37.6 Å². The fourth-order valence-corrected chi connectivity index (χ4v) is 2.14. The van der Waals surface area contributed by atoms with Gasteiger partial charge in [-0.1, -0.05) is 18.2 Å². The fraction of sp³-hybridized carbons (Fsp3) is 0.462. The van der Waals surface area contributed by atoms with Crippen LogP contribution in [0.25, 0.3) is 0 Å². The maximum absolute atomic E-state index is 4.50. The first-order valence-corrected chi connectivity index (χ1v) is 5.75. The number of rotatable bonds is 3. The molecule has 3 nitrogen and oxygen atoms in total. The molecule has 1 aromatic carbocycles. The lowest BCUT2D eigenvalue weighted by Gasteiger charge is -2.20. The Balaban J connectivity index is 0.00000144. The number of aryl methyl sites for hydroxylation is 1. The highest BCUT2D eigenvalue weighted by Gasteiger charge is 2.20. The zero-order valence-corrected chi connectivity index (χ0v) is 11.4. The summed E-state index contributed by atoms with van der Waals surface area (Å²) in [4.78, 5) is 4.50. The summed E-state index contributed by atoms with van der Waals surface area (Å²) in [5.41, 5.74) is 3.99. The number of nitrogens with zero attached hydrogens (tertiary/aromatic N) is 1. The van der Waals surface area contributed by atoms with Gasteiger partial charge in [-0.25, -0.2) is 0 Å². The van der Waals surface area contributed by atoms with E-state index in [9.17, 15) is 0 Å². The summed E-state index contributed by atoms with van der Waals surface area (Å²) >= 11 is 0. The average molecular weight is 254 g/mol. The molecule has 4 heteroatoms. The molecule has 0 fully saturated rings. The van der Waals surface area contributed by atoms with Gasteiger partial charge in [0.15, 0.2) is 0 Å². The zero-order chi connectivity index (χ0) is 11.5. The Hall–Kier alpha value is -1.06. The van der Waals surface area contributed by atoms with Crippen LogP contribution in [0.4, 0.5) is 0 Å². The molecular weight excluding hydrogens is 234 g/mol. The topological polar surface area (TPSA) is 36.4 Å². The molecule has 2 rings (SSSR count). The Morgan fingerprint density at radius 3 is 2.71 bits per heavy atom. The second-order valence-corrected chi connectivity index (χ2v) is 4.20. The largest absolute Gasteiger partial charge is 0.370 e. The molecule has 1 aliphatic rings. The van der Waals surface area contributed by atoms with E-state index in [1.165, 1.54) is 16.7 Å². The number of hydrogen-bond donors (Lipinski definition) is 2. The minimum absolute atomic E-state index is 0. The third kappa shape index (κ3) is 2.79. The van der Waals surface area contributed by atoms with Gasteiger partial charge in [-0.15, -0.1) is 12.4 Å². The highest BCUT2D eigenvalue weighted by molar-refractivity contribution is 5.90. The highest BCUT2D eigenvalue weighted by Crippen LogP contribution is 2.21. The lowest BCUT2D eigenvalue weighted by atomic mass is 9.97. The molecule has 1 atom stereocenters. The fourth-order valence-electron chi connectivity index (χ4n) is 2.14. The van der Waals surface area contributed by atoms with Crippen LogP contribution >= 0.6 is 12.4 Å². The van der Waals surface area contributed by atoms with Crippen LogP contribution in [0.5, 0.6) is 0 Å². The van der Waals surface area contributed by atoms with Gasteiger partial charge >= 0.3 is 0 Å². The third-order valence-corrected chi connectivity index (χ3v) is 3.22. The predicted molar refractivity (Wildman–Crippen MR) is 75.3 cm³/mol. The molecule has 0 bridgehead atoms.